The molecule has 0 spiro atoms. The minimum Gasteiger partial charge on any atom is -0.249 e. The summed E-state index contributed by atoms with van der Waals surface area (Å²) < 4.78 is 0. The summed E-state index contributed by atoms with van der Waals surface area (Å²) in [5.74, 6) is 0. The van der Waals surface area contributed by atoms with E-state index >= 15 is 0 Å². The summed E-state index contributed by atoms with van der Waals surface area (Å²) in [6.07, 6.45) is 7.55. The van der Waals surface area contributed by atoms with Gasteiger partial charge in [-0.3, -0.25) is 0 Å². The number of hydrogen-bond donors (Lipinski definition) is 0. The molecule has 0 aliphatic rings. The molecule has 0 bridgehead atoms. The minimum absolute atomic E-state index is 1.18. The van der Waals surface area contributed by atoms with Crippen LogP contribution in [-0.2, 0) is 12.8 Å². The number of aryl methyl sites for hydroxylation is 2. The summed E-state index contributed by atoms with van der Waals surface area (Å²) >= 11 is 1.83. The van der Waals surface area contributed by atoms with Crippen molar-refractivity contribution < 1.29 is 0 Å². The molecule has 0 aromatic carbocycles. The molecule has 0 saturated heterocycles. The van der Waals surface area contributed by atoms with Gasteiger partial charge in [0.1, 0.15) is 0 Å². The molecule has 74 valence electrons. The maximum Gasteiger partial charge on any atom is 0.0797 e. The van der Waals surface area contributed by atoms with Gasteiger partial charge in [-0.1, -0.05) is 26.7 Å². The quantitative estimate of drug-likeness (QED) is 0.675. The first-order valence-electron chi connectivity index (χ1n) is 5.29. The van der Waals surface area contributed by atoms with Gasteiger partial charge >= 0.3 is 0 Å². The normalized spacial score (nSPS) is 10.6. The molecule has 13 heavy (non-hydrogen) atoms. The molecule has 0 amide bonds. The third-order valence-corrected chi connectivity index (χ3v) is 3.18. The van der Waals surface area contributed by atoms with E-state index < -0.39 is 0 Å². The Bertz CT molecular complexity index is 207. The SMILES string of the molecule is CCCCc1ncsc1CCCC. The lowest BCUT2D eigenvalue weighted by atomic mass is 10.1. The molecule has 0 radical (unpaired) electrons. The molecule has 2 heteroatoms. The number of thiazole rings is 1. The lowest BCUT2D eigenvalue weighted by Gasteiger charge is -1.99. The van der Waals surface area contributed by atoms with E-state index in [-0.39, 0.29) is 0 Å². The molecular formula is C11H19NS. The summed E-state index contributed by atoms with van der Waals surface area (Å²) in [5.41, 5.74) is 3.36. The maximum atomic E-state index is 4.43. The van der Waals surface area contributed by atoms with Crippen LogP contribution < -0.4 is 0 Å². The Kier molecular flexibility index (Phi) is 5.06. The van der Waals surface area contributed by atoms with E-state index in [1.807, 2.05) is 16.8 Å². The van der Waals surface area contributed by atoms with Gasteiger partial charge in [-0.05, 0) is 25.7 Å². The maximum absolute atomic E-state index is 4.43. The van der Waals surface area contributed by atoms with Crippen LogP contribution in [0.25, 0.3) is 0 Å². The van der Waals surface area contributed by atoms with Gasteiger partial charge < -0.3 is 0 Å². The van der Waals surface area contributed by atoms with Crippen LogP contribution in [0.1, 0.15) is 50.1 Å². The zero-order valence-corrected chi connectivity index (χ0v) is 9.49. The fourth-order valence-corrected chi connectivity index (χ4v) is 2.24. The molecule has 0 fully saturated rings. The van der Waals surface area contributed by atoms with Crippen LogP contribution in [0, 0.1) is 0 Å². The van der Waals surface area contributed by atoms with Crippen LogP contribution in [0.3, 0.4) is 0 Å². The summed E-state index contributed by atoms with van der Waals surface area (Å²) in [6.45, 7) is 4.48. The summed E-state index contributed by atoms with van der Waals surface area (Å²) in [6, 6.07) is 0. The third kappa shape index (κ3) is 3.47. The molecule has 0 saturated carbocycles. The van der Waals surface area contributed by atoms with Crippen molar-refractivity contribution in [3.05, 3.63) is 16.1 Å². The standard InChI is InChI=1S/C11H19NS/c1-3-5-7-10-11(8-6-4-2)13-9-12-10/h9H,3-8H2,1-2H3. The minimum atomic E-state index is 1.18. The molecule has 0 unspecified atom stereocenters. The zero-order valence-electron chi connectivity index (χ0n) is 8.68. The predicted octanol–water partition coefficient (Wildman–Crippen LogP) is 3.83. The summed E-state index contributed by atoms with van der Waals surface area (Å²) in [4.78, 5) is 5.95. The second kappa shape index (κ2) is 6.14. The Labute approximate surface area is 85.2 Å². The van der Waals surface area contributed by atoms with Gasteiger partial charge in [-0.15, -0.1) is 11.3 Å². The topological polar surface area (TPSA) is 12.9 Å². The molecule has 1 rings (SSSR count). The molecule has 1 aromatic heterocycles. The first-order valence-corrected chi connectivity index (χ1v) is 6.17. The number of hydrogen-bond acceptors (Lipinski definition) is 2. The lowest BCUT2D eigenvalue weighted by Crippen LogP contribution is -1.91. The number of nitrogens with zero attached hydrogens (tertiary/aromatic N) is 1. The Morgan fingerprint density at radius 2 is 1.85 bits per heavy atom. The van der Waals surface area contributed by atoms with Crippen LogP contribution in [0.4, 0.5) is 0 Å². The molecule has 1 heterocycles. The highest BCUT2D eigenvalue weighted by atomic mass is 32.1. The van der Waals surface area contributed by atoms with E-state index in [1.54, 1.807) is 0 Å². The molecule has 0 aliphatic heterocycles. The predicted molar refractivity (Wildman–Crippen MR) is 59.3 cm³/mol. The summed E-state index contributed by atoms with van der Waals surface area (Å²) in [5, 5.41) is 0. The van der Waals surface area contributed by atoms with Gasteiger partial charge in [0.2, 0.25) is 0 Å². The Hall–Kier alpha value is -0.370. The van der Waals surface area contributed by atoms with Crippen molar-refractivity contribution in [1.29, 1.82) is 0 Å². The smallest absolute Gasteiger partial charge is 0.0797 e. The van der Waals surface area contributed by atoms with E-state index in [0.717, 1.165) is 0 Å². The largest absolute Gasteiger partial charge is 0.249 e. The molecule has 1 aromatic rings. The van der Waals surface area contributed by atoms with Gasteiger partial charge in [0, 0.05) is 4.88 Å². The van der Waals surface area contributed by atoms with Crippen LogP contribution in [0.2, 0.25) is 0 Å². The van der Waals surface area contributed by atoms with Gasteiger partial charge in [0.25, 0.3) is 0 Å². The Morgan fingerprint density at radius 1 is 1.15 bits per heavy atom. The lowest BCUT2D eigenvalue weighted by molar-refractivity contribution is 0.753. The van der Waals surface area contributed by atoms with Gasteiger partial charge in [-0.2, -0.15) is 0 Å². The van der Waals surface area contributed by atoms with Crippen molar-refractivity contribution in [3.63, 3.8) is 0 Å². The highest BCUT2D eigenvalue weighted by Gasteiger charge is 2.04. The van der Waals surface area contributed by atoms with Crippen molar-refractivity contribution in [2.45, 2.75) is 52.4 Å². The zero-order chi connectivity index (χ0) is 9.52. The van der Waals surface area contributed by atoms with Crippen LogP contribution in [0.5, 0.6) is 0 Å². The van der Waals surface area contributed by atoms with E-state index in [1.165, 1.54) is 49.1 Å². The number of aromatic nitrogens is 1. The summed E-state index contributed by atoms with van der Waals surface area (Å²) in [7, 11) is 0. The van der Waals surface area contributed by atoms with Gasteiger partial charge in [0.05, 0.1) is 11.2 Å². The molecule has 1 nitrogen and oxygen atoms in total. The average molecular weight is 197 g/mol. The van der Waals surface area contributed by atoms with Crippen LogP contribution >= 0.6 is 11.3 Å². The van der Waals surface area contributed by atoms with E-state index in [9.17, 15) is 0 Å². The van der Waals surface area contributed by atoms with Gasteiger partial charge in [-0.25, -0.2) is 4.98 Å². The Morgan fingerprint density at radius 3 is 2.54 bits per heavy atom. The first kappa shape index (κ1) is 10.7. The monoisotopic (exact) mass is 197 g/mol. The number of unbranched alkanes of at least 4 members (excludes halogenated alkanes) is 2. The van der Waals surface area contributed by atoms with E-state index in [0.29, 0.717) is 0 Å². The second-order valence-electron chi connectivity index (χ2n) is 3.43. The van der Waals surface area contributed by atoms with Crippen molar-refractivity contribution in [3.8, 4) is 0 Å². The highest BCUT2D eigenvalue weighted by Crippen LogP contribution is 2.18. The average Bonchev–Trinajstić information content (AvgIpc) is 2.59. The second-order valence-corrected chi connectivity index (χ2v) is 4.37. The third-order valence-electron chi connectivity index (χ3n) is 2.25. The fourth-order valence-electron chi connectivity index (χ4n) is 1.38. The van der Waals surface area contributed by atoms with Gasteiger partial charge in [0.15, 0.2) is 0 Å². The number of rotatable bonds is 6. The van der Waals surface area contributed by atoms with E-state index in [4.69, 9.17) is 0 Å². The van der Waals surface area contributed by atoms with Crippen LogP contribution in [0.15, 0.2) is 5.51 Å². The van der Waals surface area contributed by atoms with E-state index in [2.05, 4.69) is 18.8 Å². The molecule has 0 aliphatic carbocycles. The Balaban J connectivity index is 2.45. The van der Waals surface area contributed by atoms with Crippen molar-refractivity contribution in [2.24, 2.45) is 0 Å². The molecule has 0 N–H and O–H groups in total. The van der Waals surface area contributed by atoms with Crippen LogP contribution in [-0.4, -0.2) is 4.98 Å². The van der Waals surface area contributed by atoms with Crippen molar-refractivity contribution >= 4 is 11.3 Å². The molecule has 0 atom stereocenters. The first-order chi connectivity index (χ1) is 6.38. The fraction of sp³-hybridized carbons (Fsp3) is 0.727. The van der Waals surface area contributed by atoms with Crippen molar-refractivity contribution in [2.75, 3.05) is 0 Å². The molecular weight excluding hydrogens is 178 g/mol. The highest BCUT2D eigenvalue weighted by molar-refractivity contribution is 7.09. The van der Waals surface area contributed by atoms with Crippen molar-refractivity contribution in [1.82, 2.24) is 4.98 Å².